The Morgan fingerprint density at radius 1 is 1.38 bits per heavy atom. The summed E-state index contributed by atoms with van der Waals surface area (Å²) in [6, 6.07) is 4.77. The van der Waals surface area contributed by atoms with Crippen molar-refractivity contribution in [2.24, 2.45) is 13.0 Å². The highest BCUT2D eigenvalue weighted by Gasteiger charge is 2.28. The number of carbonyl (C=O) groups excluding carboxylic acids is 2. The average molecular weight is 378 g/mol. The van der Waals surface area contributed by atoms with Crippen LogP contribution in [0.5, 0.6) is 0 Å². The molecule has 26 heavy (non-hydrogen) atoms. The summed E-state index contributed by atoms with van der Waals surface area (Å²) in [6.07, 6.45) is 1.18. The van der Waals surface area contributed by atoms with E-state index in [1.54, 1.807) is 25.2 Å². The summed E-state index contributed by atoms with van der Waals surface area (Å²) in [7, 11) is 1.60. The van der Waals surface area contributed by atoms with Crippen molar-refractivity contribution in [3.63, 3.8) is 0 Å². The Kier molecular flexibility index (Phi) is 5.13. The number of anilines is 1. The quantitative estimate of drug-likeness (QED) is 0.836. The fourth-order valence-corrected chi connectivity index (χ4v) is 3.23. The second-order valence-electron chi connectivity index (χ2n) is 6.21. The summed E-state index contributed by atoms with van der Waals surface area (Å²) in [5, 5.41) is 9.98. The number of aromatic nitrogens is 3. The number of hydrogen-bond acceptors (Lipinski definition) is 4. The molecular weight excluding hydrogens is 358 g/mol. The fourth-order valence-electron chi connectivity index (χ4n) is 3.03. The first-order chi connectivity index (χ1) is 12.4. The number of benzene rings is 1. The molecule has 1 atom stereocenters. The third-order valence-corrected chi connectivity index (χ3v) is 4.72. The van der Waals surface area contributed by atoms with E-state index in [0.29, 0.717) is 48.0 Å². The Balaban J connectivity index is 1.74. The van der Waals surface area contributed by atoms with Crippen molar-refractivity contribution in [1.29, 1.82) is 0 Å². The highest BCUT2D eigenvalue weighted by Crippen LogP contribution is 2.23. The minimum Gasteiger partial charge on any atom is -0.352 e. The van der Waals surface area contributed by atoms with Gasteiger partial charge in [-0.3, -0.25) is 14.2 Å². The molecule has 0 radical (unpaired) electrons. The van der Waals surface area contributed by atoms with Crippen LogP contribution >= 0.6 is 11.6 Å². The molecule has 0 aliphatic carbocycles. The zero-order valence-electron chi connectivity index (χ0n) is 14.6. The molecule has 2 aromatic rings. The lowest BCUT2D eigenvalue weighted by Gasteiger charge is -2.22. The number of fused-ring (bicyclic) bond motifs is 1. The third-order valence-electron chi connectivity index (χ3n) is 4.39. The molecule has 0 spiro atoms. The number of hydrogen-bond donors (Lipinski definition) is 2. The lowest BCUT2D eigenvalue weighted by Crippen LogP contribution is -2.35. The van der Waals surface area contributed by atoms with E-state index in [-0.39, 0.29) is 23.4 Å². The average Bonchev–Trinajstić information content (AvgIpc) is 2.90. The van der Waals surface area contributed by atoms with Crippen LogP contribution in [0.25, 0.3) is 0 Å². The van der Waals surface area contributed by atoms with Gasteiger partial charge in [0.1, 0.15) is 5.82 Å². The Morgan fingerprint density at radius 2 is 2.15 bits per heavy atom. The lowest BCUT2D eigenvalue weighted by atomic mass is 9.98. The van der Waals surface area contributed by atoms with Crippen LogP contribution in [0, 0.1) is 5.92 Å². The second-order valence-corrected chi connectivity index (χ2v) is 6.62. The molecule has 2 N–H and O–H groups in total. The smallest absolute Gasteiger partial charge is 0.345 e. The molecule has 2 heterocycles. The van der Waals surface area contributed by atoms with Crippen LogP contribution in [0.15, 0.2) is 23.0 Å². The zero-order chi connectivity index (χ0) is 18.8. The Bertz CT molecular complexity index is 918. The van der Waals surface area contributed by atoms with Crippen molar-refractivity contribution < 1.29 is 9.59 Å². The SMILES string of the molecule is CCNC(=O)c1cc(NC(=O)C2CCc3nn(C)c(=O)n3C2)ccc1Cl. The van der Waals surface area contributed by atoms with Crippen molar-refractivity contribution in [2.75, 3.05) is 11.9 Å². The second kappa shape index (κ2) is 7.33. The largest absolute Gasteiger partial charge is 0.352 e. The van der Waals surface area contributed by atoms with Crippen LogP contribution in [-0.2, 0) is 24.8 Å². The number of nitrogens with zero attached hydrogens (tertiary/aromatic N) is 3. The first kappa shape index (κ1) is 18.2. The predicted octanol–water partition coefficient (Wildman–Crippen LogP) is 1.19. The topological polar surface area (TPSA) is 98.0 Å². The zero-order valence-corrected chi connectivity index (χ0v) is 15.3. The summed E-state index contributed by atoms with van der Waals surface area (Å²) in [4.78, 5) is 36.7. The molecule has 0 saturated carbocycles. The minimum atomic E-state index is -0.340. The number of halogens is 1. The van der Waals surface area contributed by atoms with E-state index in [4.69, 9.17) is 11.6 Å². The van der Waals surface area contributed by atoms with E-state index < -0.39 is 0 Å². The van der Waals surface area contributed by atoms with Gasteiger partial charge in [-0.2, -0.15) is 5.10 Å². The van der Waals surface area contributed by atoms with Crippen LogP contribution in [0.3, 0.4) is 0 Å². The van der Waals surface area contributed by atoms with E-state index in [9.17, 15) is 14.4 Å². The van der Waals surface area contributed by atoms with Gasteiger partial charge in [-0.25, -0.2) is 9.48 Å². The molecule has 1 aliphatic rings. The lowest BCUT2D eigenvalue weighted by molar-refractivity contribution is -0.120. The van der Waals surface area contributed by atoms with Gasteiger partial charge in [0, 0.05) is 32.2 Å². The van der Waals surface area contributed by atoms with Gasteiger partial charge in [-0.1, -0.05) is 11.6 Å². The first-order valence-electron chi connectivity index (χ1n) is 8.42. The molecule has 0 fully saturated rings. The summed E-state index contributed by atoms with van der Waals surface area (Å²) in [5.74, 6) is -0.132. The molecule has 3 rings (SSSR count). The molecule has 1 aliphatic heterocycles. The maximum Gasteiger partial charge on any atom is 0.345 e. The normalized spacial score (nSPS) is 16.0. The predicted molar refractivity (Wildman–Crippen MR) is 97.4 cm³/mol. The molecule has 1 aromatic carbocycles. The van der Waals surface area contributed by atoms with Gasteiger partial charge in [0.2, 0.25) is 5.91 Å². The number of nitrogens with one attached hydrogen (secondary N) is 2. The van der Waals surface area contributed by atoms with Crippen molar-refractivity contribution in [3.8, 4) is 0 Å². The summed E-state index contributed by atoms with van der Waals surface area (Å²) < 4.78 is 2.82. The van der Waals surface area contributed by atoms with Gasteiger partial charge in [0.05, 0.1) is 16.5 Å². The van der Waals surface area contributed by atoms with Crippen LogP contribution in [0.2, 0.25) is 5.02 Å². The van der Waals surface area contributed by atoms with Gasteiger partial charge < -0.3 is 10.6 Å². The highest BCUT2D eigenvalue weighted by molar-refractivity contribution is 6.34. The van der Waals surface area contributed by atoms with E-state index in [0.717, 1.165) is 0 Å². The molecule has 138 valence electrons. The van der Waals surface area contributed by atoms with Crippen LogP contribution in [0.4, 0.5) is 5.69 Å². The monoisotopic (exact) mass is 377 g/mol. The maximum absolute atomic E-state index is 12.6. The molecule has 9 heteroatoms. The fraction of sp³-hybridized carbons (Fsp3) is 0.412. The van der Waals surface area contributed by atoms with E-state index >= 15 is 0 Å². The third kappa shape index (κ3) is 3.50. The Hall–Kier alpha value is -2.61. The number of carbonyl (C=O) groups is 2. The minimum absolute atomic E-state index is 0.199. The van der Waals surface area contributed by atoms with Crippen LogP contribution in [-0.4, -0.2) is 32.7 Å². The van der Waals surface area contributed by atoms with Gasteiger partial charge >= 0.3 is 5.69 Å². The van der Waals surface area contributed by atoms with Crippen molar-refractivity contribution in [2.45, 2.75) is 26.3 Å². The molecule has 1 aromatic heterocycles. The summed E-state index contributed by atoms with van der Waals surface area (Å²) >= 11 is 6.07. The standard InChI is InChI=1S/C17H20ClN5O3/c1-3-19-16(25)12-8-11(5-6-13(12)18)20-15(24)10-4-7-14-21-22(2)17(26)23(14)9-10/h5-6,8,10H,3-4,7,9H2,1-2H3,(H,19,25)(H,20,24). The molecule has 8 nitrogen and oxygen atoms in total. The summed E-state index contributed by atoms with van der Waals surface area (Å²) in [6.45, 7) is 2.59. The van der Waals surface area contributed by atoms with E-state index in [2.05, 4.69) is 15.7 Å². The highest BCUT2D eigenvalue weighted by atomic mass is 35.5. The maximum atomic E-state index is 12.6. The molecule has 0 saturated heterocycles. The molecule has 1 unspecified atom stereocenters. The number of aryl methyl sites for hydroxylation is 2. The van der Waals surface area contributed by atoms with Gasteiger partial charge in [0.25, 0.3) is 5.91 Å². The first-order valence-corrected chi connectivity index (χ1v) is 8.79. The Morgan fingerprint density at radius 3 is 2.88 bits per heavy atom. The van der Waals surface area contributed by atoms with Crippen molar-refractivity contribution in [3.05, 3.63) is 45.1 Å². The van der Waals surface area contributed by atoms with E-state index in [1.165, 1.54) is 9.25 Å². The number of amides is 2. The Labute approximate surface area is 155 Å². The van der Waals surface area contributed by atoms with Crippen LogP contribution < -0.4 is 16.3 Å². The van der Waals surface area contributed by atoms with Gasteiger partial charge in [0.15, 0.2) is 0 Å². The summed E-state index contributed by atoms with van der Waals surface area (Å²) in [5.41, 5.74) is 0.577. The van der Waals surface area contributed by atoms with Gasteiger partial charge in [-0.15, -0.1) is 0 Å². The molecule has 2 amide bonds. The van der Waals surface area contributed by atoms with Crippen molar-refractivity contribution >= 4 is 29.1 Å². The molecule has 0 bridgehead atoms. The number of rotatable bonds is 4. The molecular formula is C17H20ClN5O3. The van der Waals surface area contributed by atoms with Crippen molar-refractivity contribution in [1.82, 2.24) is 19.7 Å². The van der Waals surface area contributed by atoms with Crippen LogP contribution in [0.1, 0.15) is 29.5 Å². The van der Waals surface area contributed by atoms with E-state index in [1.807, 2.05) is 6.92 Å². The van der Waals surface area contributed by atoms with Gasteiger partial charge in [-0.05, 0) is 31.5 Å².